The fourth-order valence-electron chi connectivity index (χ4n) is 15.0. The van der Waals surface area contributed by atoms with Crippen molar-refractivity contribution in [3.63, 3.8) is 0 Å². The van der Waals surface area contributed by atoms with Crippen LogP contribution in [0.2, 0.25) is 0 Å². The van der Waals surface area contributed by atoms with Crippen LogP contribution in [0, 0.1) is 0 Å². The standard InChI is InChI=1S/C74H57NO/c1-71(2)58-34-28-43-20-12-14-22-47(43)67(58)56-40-62-54(38-64(56)71)50-32-30-45(36-60(50)73(62,5)6)75(66-27-17-26-53-52-25-16-24-49(69(52)76-70(53)66)42-18-10-9-11-19-42)46-31-33-51-55-39-65-57(41-63(55)74(7,8)61(51)37-46)68-48-23-15-13-21-44(48)29-35-59(68)72(65,3)4/h9-41H,1-8H3. The van der Waals surface area contributed by atoms with Gasteiger partial charge in [-0.25, -0.2) is 0 Å². The van der Waals surface area contributed by atoms with E-state index >= 15 is 0 Å². The van der Waals surface area contributed by atoms with Crippen molar-refractivity contribution in [2.75, 3.05) is 4.90 Å². The van der Waals surface area contributed by atoms with Gasteiger partial charge in [-0.15, -0.1) is 0 Å². The van der Waals surface area contributed by atoms with Gasteiger partial charge in [-0.3, -0.25) is 0 Å². The van der Waals surface area contributed by atoms with E-state index in [0.29, 0.717) is 0 Å². The minimum Gasteiger partial charge on any atom is -0.453 e. The van der Waals surface area contributed by atoms with Crippen LogP contribution in [0.5, 0.6) is 0 Å². The Bertz CT molecular complexity index is 4360. The van der Waals surface area contributed by atoms with Crippen molar-refractivity contribution >= 4 is 60.5 Å². The molecule has 0 saturated carbocycles. The van der Waals surface area contributed by atoms with Crippen LogP contribution in [0.15, 0.2) is 205 Å². The first-order valence-corrected chi connectivity index (χ1v) is 27.2. The highest BCUT2D eigenvalue weighted by Gasteiger charge is 2.45. The first kappa shape index (κ1) is 43.9. The molecule has 0 radical (unpaired) electrons. The number of anilines is 3. The van der Waals surface area contributed by atoms with Crippen LogP contribution in [0.4, 0.5) is 17.1 Å². The molecule has 12 aromatic rings. The summed E-state index contributed by atoms with van der Waals surface area (Å²) in [5.74, 6) is 0. The predicted molar refractivity (Wildman–Crippen MR) is 319 cm³/mol. The molecule has 0 amide bonds. The summed E-state index contributed by atoms with van der Waals surface area (Å²) in [5.41, 5.74) is 28.4. The molecule has 4 aliphatic rings. The molecule has 11 aromatic carbocycles. The third-order valence-electron chi connectivity index (χ3n) is 19.0. The molecule has 0 N–H and O–H groups in total. The fraction of sp³-hybridized carbons (Fsp3) is 0.162. The molecule has 0 bridgehead atoms. The van der Waals surface area contributed by atoms with E-state index in [-0.39, 0.29) is 21.7 Å². The zero-order valence-corrected chi connectivity index (χ0v) is 44.4. The van der Waals surface area contributed by atoms with E-state index in [0.717, 1.165) is 50.1 Å². The van der Waals surface area contributed by atoms with E-state index in [2.05, 4.69) is 260 Å². The molecule has 16 rings (SSSR count). The molecule has 4 aliphatic carbocycles. The average molecular weight is 976 g/mol. The summed E-state index contributed by atoms with van der Waals surface area (Å²) in [4.78, 5) is 2.49. The lowest BCUT2D eigenvalue weighted by Crippen LogP contribution is -2.18. The monoisotopic (exact) mass is 975 g/mol. The number of hydrogen-bond donors (Lipinski definition) is 0. The van der Waals surface area contributed by atoms with E-state index in [1.54, 1.807) is 0 Å². The highest BCUT2D eigenvalue weighted by Crippen LogP contribution is 2.61. The van der Waals surface area contributed by atoms with Gasteiger partial charge in [0.2, 0.25) is 0 Å². The maximum atomic E-state index is 7.27. The Kier molecular flexibility index (Phi) is 8.48. The van der Waals surface area contributed by atoms with Crippen molar-refractivity contribution in [2.45, 2.75) is 77.0 Å². The lowest BCUT2D eigenvalue weighted by molar-refractivity contribution is 0.652. The molecule has 0 fully saturated rings. The number of nitrogens with zero attached hydrogens (tertiary/aromatic N) is 1. The van der Waals surface area contributed by atoms with Gasteiger partial charge < -0.3 is 9.32 Å². The molecule has 0 unspecified atom stereocenters. The van der Waals surface area contributed by atoms with Crippen LogP contribution >= 0.6 is 0 Å². The normalized spacial score (nSPS) is 16.1. The maximum absolute atomic E-state index is 7.27. The van der Waals surface area contributed by atoms with Crippen LogP contribution in [-0.2, 0) is 21.7 Å². The molecule has 0 saturated heterocycles. The highest BCUT2D eigenvalue weighted by molar-refractivity contribution is 6.14. The maximum Gasteiger partial charge on any atom is 0.159 e. The Morgan fingerprint density at radius 1 is 0.289 bits per heavy atom. The molecule has 2 nitrogen and oxygen atoms in total. The lowest BCUT2D eigenvalue weighted by atomic mass is 9.79. The molecule has 0 spiro atoms. The summed E-state index contributed by atoms with van der Waals surface area (Å²) >= 11 is 0. The van der Waals surface area contributed by atoms with Gasteiger partial charge in [0.25, 0.3) is 0 Å². The largest absolute Gasteiger partial charge is 0.453 e. The number of benzene rings is 11. The lowest BCUT2D eigenvalue weighted by Gasteiger charge is -2.29. The van der Waals surface area contributed by atoms with E-state index in [9.17, 15) is 0 Å². The van der Waals surface area contributed by atoms with Crippen LogP contribution in [0.3, 0.4) is 0 Å². The van der Waals surface area contributed by atoms with E-state index < -0.39 is 0 Å². The van der Waals surface area contributed by atoms with Crippen molar-refractivity contribution in [2.24, 2.45) is 0 Å². The van der Waals surface area contributed by atoms with Crippen LogP contribution in [0.25, 0.3) is 99.1 Å². The Balaban J connectivity index is 0.891. The third kappa shape index (κ3) is 5.56. The molecule has 1 aromatic heterocycles. The van der Waals surface area contributed by atoms with Crippen LogP contribution < -0.4 is 4.90 Å². The number of para-hydroxylation sites is 2. The summed E-state index contributed by atoms with van der Waals surface area (Å²) in [7, 11) is 0. The van der Waals surface area contributed by atoms with Gasteiger partial charge in [-0.05, 0) is 171 Å². The van der Waals surface area contributed by atoms with Crippen molar-refractivity contribution in [3.05, 3.63) is 245 Å². The summed E-state index contributed by atoms with van der Waals surface area (Å²) in [6.07, 6.45) is 0. The molecule has 364 valence electrons. The molecular formula is C74H57NO. The zero-order valence-electron chi connectivity index (χ0n) is 44.4. The zero-order chi connectivity index (χ0) is 51.4. The molecule has 0 atom stereocenters. The fourth-order valence-corrected chi connectivity index (χ4v) is 15.0. The van der Waals surface area contributed by atoms with Gasteiger partial charge in [0.05, 0.1) is 5.69 Å². The highest BCUT2D eigenvalue weighted by atomic mass is 16.3. The summed E-state index contributed by atoms with van der Waals surface area (Å²) < 4.78 is 7.27. The molecule has 2 heteroatoms. The Morgan fingerprint density at radius 3 is 1.25 bits per heavy atom. The number of rotatable bonds is 4. The van der Waals surface area contributed by atoms with Crippen molar-refractivity contribution in [1.29, 1.82) is 0 Å². The van der Waals surface area contributed by atoms with Crippen LogP contribution in [-0.4, -0.2) is 0 Å². The summed E-state index contributed by atoms with van der Waals surface area (Å²) in [5, 5.41) is 7.47. The van der Waals surface area contributed by atoms with Crippen molar-refractivity contribution < 1.29 is 4.42 Å². The minimum absolute atomic E-state index is 0.130. The van der Waals surface area contributed by atoms with E-state index in [1.807, 2.05) is 0 Å². The summed E-state index contributed by atoms with van der Waals surface area (Å²) in [6.45, 7) is 19.4. The first-order chi connectivity index (χ1) is 36.7. The number of hydrogen-bond acceptors (Lipinski definition) is 2. The van der Waals surface area contributed by atoms with Crippen molar-refractivity contribution in [1.82, 2.24) is 0 Å². The van der Waals surface area contributed by atoms with Gasteiger partial charge in [0, 0.05) is 49.4 Å². The second-order valence-corrected chi connectivity index (χ2v) is 24.4. The molecule has 0 aliphatic heterocycles. The second kappa shape index (κ2) is 14.7. The van der Waals surface area contributed by atoms with Crippen molar-refractivity contribution in [3.8, 4) is 55.6 Å². The van der Waals surface area contributed by atoms with Gasteiger partial charge in [0.15, 0.2) is 5.58 Å². The smallest absolute Gasteiger partial charge is 0.159 e. The van der Waals surface area contributed by atoms with Gasteiger partial charge in [-0.1, -0.05) is 201 Å². The predicted octanol–water partition coefficient (Wildman–Crippen LogP) is 20.3. The van der Waals surface area contributed by atoms with Crippen LogP contribution in [0.1, 0.15) is 99.9 Å². The Hall–Kier alpha value is -8.46. The average Bonchev–Trinajstić information content (AvgIpc) is 4.21. The van der Waals surface area contributed by atoms with Gasteiger partial charge >= 0.3 is 0 Å². The quantitative estimate of drug-likeness (QED) is 0.175. The Labute approximate surface area is 444 Å². The topological polar surface area (TPSA) is 16.4 Å². The molecule has 76 heavy (non-hydrogen) atoms. The second-order valence-electron chi connectivity index (χ2n) is 24.4. The van der Waals surface area contributed by atoms with Gasteiger partial charge in [-0.2, -0.15) is 0 Å². The Morgan fingerprint density at radius 2 is 0.711 bits per heavy atom. The summed E-state index contributed by atoms with van der Waals surface area (Å²) in [6, 6.07) is 75.8. The minimum atomic E-state index is -0.269. The molecular weight excluding hydrogens is 919 g/mol. The SMILES string of the molecule is CC1(C)c2cc(N(c3ccc4c(c3)C(C)(C)c3cc5c(cc3-4)C(C)(C)c3ccc4ccccc4c3-5)c3cccc4c3oc3c(-c5ccccc5)cccc34)ccc2-c2cc3c(cc21)-c1c(ccc2ccccc12)C3(C)C. The van der Waals surface area contributed by atoms with E-state index in [4.69, 9.17) is 4.42 Å². The molecule has 1 heterocycles. The van der Waals surface area contributed by atoms with E-state index in [1.165, 1.54) is 111 Å². The first-order valence-electron chi connectivity index (χ1n) is 27.2. The van der Waals surface area contributed by atoms with Gasteiger partial charge in [0.1, 0.15) is 5.58 Å². The number of furan rings is 1. The third-order valence-corrected chi connectivity index (χ3v) is 19.0. The number of fused-ring (bicyclic) bond motifs is 19.